The molecule has 1 N–H and O–H groups in total. The minimum absolute atomic E-state index is 0.145. The van der Waals surface area contributed by atoms with E-state index in [1.165, 1.54) is 41.5 Å². The molecule has 0 bridgehead atoms. The van der Waals surface area contributed by atoms with E-state index in [0.29, 0.717) is 5.92 Å². The van der Waals surface area contributed by atoms with E-state index in [0.717, 1.165) is 35.9 Å². The lowest BCUT2D eigenvalue weighted by Gasteiger charge is -2.33. The smallest absolute Gasteiger partial charge is 0.123 e. The van der Waals surface area contributed by atoms with Crippen molar-refractivity contribution in [3.8, 4) is 5.75 Å². The van der Waals surface area contributed by atoms with Crippen molar-refractivity contribution in [2.75, 3.05) is 19.0 Å². The van der Waals surface area contributed by atoms with Gasteiger partial charge in [0, 0.05) is 16.8 Å². The summed E-state index contributed by atoms with van der Waals surface area (Å²) in [5.74, 6) is 1.62. The summed E-state index contributed by atoms with van der Waals surface area (Å²) in [6, 6.07) is 4.54. The highest BCUT2D eigenvalue weighted by atomic mass is 79.9. The van der Waals surface area contributed by atoms with Crippen LogP contribution in [-0.2, 0) is 6.42 Å². The van der Waals surface area contributed by atoms with Gasteiger partial charge in [-0.3, -0.25) is 0 Å². The predicted molar refractivity (Wildman–Crippen MR) is 115 cm³/mol. The molecule has 0 spiro atoms. The first-order valence-corrected chi connectivity index (χ1v) is 10.8. The Labute approximate surface area is 167 Å². The lowest BCUT2D eigenvalue weighted by Crippen LogP contribution is -2.20. The summed E-state index contributed by atoms with van der Waals surface area (Å²) in [4.78, 5) is 0. The minimum Gasteiger partial charge on any atom is -0.496 e. The summed E-state index contributed by atoms with van der Waals surface area (Å²) in [5.41, 5.74) is 6.24. The fourth-order valence-corrected chi connectivity index (χ4v) is 4.52. The molecule has 2 rings (SSSR count). The summed E-state index contributed by atoms with van der Waals surface area (Å²) in [6.45, 7) is 8.69. The van der Waals surface area contributed by atoms with Crippen molar-refractivity contribution < 1.29 is 9.84 Å². The maximum absolute atomic E-state index is 9.64. The number of hydrogen-bond donors (Lipinski definition) is 1. The van der Waals surface area contributed by atoms with Crippen molar-refractivity contribution in [2.24, 2.45) is 5.92 Å². The molecule has 1 aromatic carbocycles. The number of allylic oxidation sites excluding steroid dienone is 2. The zero-order valence-corrected chi connectivity index (χ0v) is 18.1. The maximum atomic E-state index is 9.64. The highest BCUT2D eigenvalue weighted by Crippen LogP contribution is 2.44. The molecular weight excluding hydrogens is 388 g/mol. The van der Waals surface area contributed by atoms with Gasteiger partial charge in [0.15, 0.2) is 0 Å². The number of aryl methyl sites for hydroxylation is 2. The number of hydrogen-bond acceptors (Lipinski definition) is 2. The highest BCUT2D eigenvalue weighted by Gasteiger charge is 2.30. The van der Waals surface area contributed by atoms with Gasteiger partial charge >= 0.3 is 0 Å². The van der Waals surface area contributed by atoms with E-state index in [4.69, 9.17) is 4.74 Å². The van der Waals surface area contributed by atoms with Gasteiger partial charge in [0.2, 0.25) is 0 Å². The molecule has 3 heteroatoms. The third-order valence-corrected chi connectivity index (χ3v) is 6.08. The Kier molecular flexibility index (Phi) is 8.43. The van der Waals surface area contributed by atoms with Crippen LogP contribution in [0.25, 0.3) is 0 Å². The Morgan fingerprint density at radius 2 is 2.08 bits per heavy atom. The Morgan fingerprint density at radius 1 is 1.31 bits per heavy atom. The van der Waals surface area contributed by atoms with Crippen molar-refractivity contribution in [2.45, 2.75) is 58.3 Å². The first kappa shape index (κ1) is 21.2. The van der Waals surface area contributed by atoms with E-state index in [9.17, 15) is 5.11 Å². The largest absolute Gasteiger partial charge is 0.496 e. The van der Waals surface area contributed by atoms with E-state index in [1.807, 2.05) is 0 Å². The predicted octanol–water partition coefficient (Wildman–Crippen LogP) is 6.10. The second kappa shape index (κ2) is 10.3. The first-order chi connectivity index (χ1) is 12.5. The molecule has 0 radical (unpaired) electrons. The quantitative estimate of drug-likeness (QED) is 0.297. The van der Waals surface area contributed by atoms with Crippen LogP contribution in [0.1, 0.15) is 61.6 Å². The summed E-state index contributed by atoms with van der Waals surface area (Å²) in [7, 11) is 1.77. The number of benzene rings is 1. The monoisotopic (exact) mass is 420 g/mol. The number of aliphatic hydroxyl groups is 1. The molecule has 2 nitrogen and oxygen atoms in total. The molecule has 1 aliphatic carbocycles. The van der Waals surface area contributed by atoms with Crippen LogP contribution >= 0.6 is 15.9 Å². The average molecular weight is 421 g/mol. The van der Waals surface area contributed by atoms with Crippen LogP contribution in [0.15, 0.2) is 35.9 Å². The zero-order chi connectivity index (χ0) is 19.1. The Bertz CT molecular complexity index is 648. The van der Waals surface area contributed by atoms with E-state index in [1.54, 1.807) is 7.11 Å². The van der Waals surface area contributed by atoms with Crippen LogP contribution in [0, 0.1) is 12.8 Å². The standard InChI is InChI=1S/C23H33BrO2/c1-16(2)20-10-9-19(15-25)13-21(20)23-17(3)12-18(14-22(23)26-4)8-6-5-7-11-24/h12-14,20-21,25H,1,5-11,15H2,2-4H3/t20-,21+/m1/s1. The van der Waals surface area contributed by atoms with Crippen molar-refractivity contribution in [3.63, 3.8) is 0 Å². The van der Waals surface area contributed by atoms with E-state index in [-0.39, 0.29) is 12.5 Å². The number of halogens is 1. The molecule has 1 aliphatic rings. The molecule has 0 saturated heterocycles. The number of methoxy groups -OCH3 is 1. The Balaban J connectivity index is 2.35. The Hall–Kier alpha value is -1.06. The lowest BCUT2D eigenvalue weighted by molar-refractivity contribution is 0.314. The van der Waals surface area contributed by atoms with Crippen LogP contribution < -0.4 is 4.74 Å². The number of unbranched alkanes of at least 4 members (excludes halogenated alkanes) is 2. The second-order valence-corrected chi connectivity index (χ2v) is 8.32. The molecule has 1 aromatic rings. The van der Waals surface area contributed by atoms with Gasteiger partial charge in [-0.25, -0.2) is 0 Å². The molecule has 2 atom stereocenters. The number of alkyl halides is 1. The zero-order valence-electron chi connectivity index (χ0n) is 16.5. The molecular formula is C23H33BrO2. The average Bonchev–Trinajstić information content (AvgIpc) is 2.64. The fraction of sp³-hybridized carbons (Fsp3) is 0.565. The molecule has 0 saturated carbocycles. The van der Waals surface area contributed by atoms with Gasteiger partial charge in [-0.2, -0.15) is 0 Å². The van der Waals surface area contributed by atoms with Gasteiger partial charge in [0.25, 0.3) is 0 Å². The molecule has 0 fully saturated rings. The van der Waals surface area contributed by atoms with Gasteiger partial charge in [-0.15, -0.1) is 0 Å². The highest BCUT2D eigenvalue weighted by molar-refractivity contribution is 9.09. The summed E-state index contributed by atoms with van der Waals surface area (Å²) < 4.78 is 5.82. The number of aliphatic hydroxyl groups excluding tert-OH is 1. The van der Waals surface area contributed by atoms with Gasteiger partial charge in [-0.1, -0.05) is 46.6 Å². The number of rotatable bonds is 9. The van der Waals surface area contributed by atoms with Crippen molar-refractivity contribution in [3.05, 3.63) is 52.6 Å². The van der Waals surface area contributed by atoms with E-state index < -0.39 is 0 Å². The van der Waals surface area contributed by atoms with Crippen molar-refractivity contribution >= 4 is 15.9 Å². The summed E-state index contributed by atoms with van der Waals surface area (Å²) in [6.07, 6.45) is 9.03. The molecule has 0 heterocycles. The Morgan fingerprint density at radius 3 is 2.69 bits per heavy atom. The third kappa shape index (κ3) is 5.23. The molecule has 144 valence electrons. The van der Waals surface area contributed by atoms with Gasteiger partial charge in [-0.05, 0) is 74.6 Å². The summed E-state index contributed by atoms with van der Waals surface area (Å²) in [5, 5.41) is 10.7. The minimum atomic E-state index is 0.145. The summed E-state index contributed by atoms with van der Waals surface area (Å²) >= 11 is 3.50. The van der Waals surface area contributed by atoms with Crippen LogP contribution in [0.4, 0.5) is 0 Å². The van der Waals surface area contributed by atoms with Crippen LogP contribution in [0.5, 0.6) is 5.75 Å². The van der Waals surface area contributed by atoms with E-state index in [2.05, 4.69) is 54.6 Å². The van der Waals surface area contributed by atoms with Crippen LogP contribution in [0.3, 0.4) is 0 Å². The second-order valence-electron chi connectivity index (χ2n) is 7.53. The number of ether oxygens (including phenoxy) is 1. The lowest BCUT2D eigenvalue weighted by atomic mass is 9.72. The van der Waals surface area contributed by atoms with Gasteiger partial charge < -0.3 is 9.84 Å². The van der Waals surface area contributed by atoms with Crippen molar-refractivity contribution in [1.29, 1.82) is 0 Å². The van der Waals surface area contributed by atoms with E-state index >= 15 is 0 Å². The maximum Gasteiger partial charge on any atom is 0.123 e. The molecule has 0 unspecified atom stereocenters. The normalized spacial score (nSPS) is 20.0. The SMILES string of the molecule is C=C(C)[C@H]1CCC(CO)=C[C@@H]1c1c(C)cc(CCCCCBr)cc1OC. The molecule has 0 amide bonds. The molecule has 0 aromatic heterocycles. The molecule has 0 aliphatic heterocycles. The van der Waals surface area contributed by atoms with Gasteiger partial charge in [0.1, 0.15) is 5.75 Å². The van der Waals surface area contributed by atoms with Crippen LogP contribution in [0.2, 0.25) is 0 Å². The molecule has 26 heavy (non-hydrogen) atoms. The fourth-order valence-electron chi connectivity index (χ4n) is 4.12. The van der Waals surface area contributed by atoms with Crippen molar-refractivity contribution in [1.82, 2.24) is 0 Å². The van der Waals surface area contributed by atoms with Crippen LogP contribution in [-0.4, -0.2) is 24.2 Å². The topological polar surface area (TPSA) is 29.5 Å². The van der Waals surface area contributed by atoms with Gasteiger partial charge in [0.05, 0.1) is 13.7 Å². The third-order valence-electron chi connectivity index (χ3n) is 5.52. The first-order valence-electron chi connectivity index (χ1n) is 9.71.